The second kappa shape index (κ2) is 9.04. The number of nitrogens with one attached hydrogen (secondary N) is 1. The summed E-state index contributed by atoms with van der Waals surface area (Å²) in [6.45, 7) is 2.29. The molecular formula is C20H18Cl2N2O3. The Morgan fingerprint density at radius 2 is 1.63 bits per heavy atom. The summed E-state index contributed by atoms with van der Waals surface area (Å²) in [5, 5.41) is 3.68. The Labute approximate surface area is 167 Å². The Bertz CT molecular complexity index is 840. The third kappa shape index (κ3) is 5.10. The molecule has 0 unspecified atom stereocenters. The number of amides is 2. The second-order valence-electron chi connectivity index (χ2n) is 5.94. The average Bonchev–Trinajstić information content (AvgIpc) is 2.68. The number of carbonyl (C=O) groups excluding carboxylic acids is 2. The Kier molecular flexibility index (Phi) is 6.50. The molecule has 1 aliphatic rings. The fourth-order valence-electron chi connectivity index (χ4n) is 2.66. The molecule has 1 fully saturated rings. The summed E-state index contributed by atoms with van der Waals surface area (Å²) in [6, 6.07) is 11.9. The molecule has 140 valence electrons. The molecule has 2 aromatic carbocycles. The van der Waals surface area contributed by atoms with Crippen LogP contribution in [-0.2, 0) is 9.53 Å². The molecule has 7 heteroatoms. The monoisotopic (exact) mass is 404 g/mol. The largest absolute Gasteiger partial charge is 0.378 e. The molecule has 2 aromatic rings. The highest BCUT2D eigenvalue weighted by atomic mass is 35.5. The molecule has 0 aromatic heterocycles. The number of halogens is 2. The Morgan fingerprint density at radius 1 is 1.00 bits per heavy atom. The van der Waals surface area contributed by atoms with Gasteiger partial charge in [-0.1, -0.05) is 29.3 Å². The lowest BCUT2D eigenvalue weighted by Crippen LogP contribution is -2.40. The van der Waals surface area contributed by atoms with Crippen molar-refractivity contribution < 1.29 is 14.3 Å². The summed E-state index contributed by atoms with van der Waals surface area (Å²) in [6.07, 6.45) is 2.93. The van der Waals surface area contributed by atoms with Gasteiger partial charge in [-0.25, -0.2) is 0 Å². The Hall–Kier alpha value is -2.34. The summed E-state index contributed by atoms with van der Waals surface area (Å²) in [5.74, 6) is -0.359. The molecule has 0 atom stereocenters. The zero-order valence-corrected chi connectivity index (χ0v) is 16.0. The smallest absolute Gasteiger partial charge is 0.254 e. The lowest BCUT2D eigenvalue weighted by atomic mass is 10.1. The van der Waals surface area contributed by atoms with Crippen molar-refractivity contribution in [2.24, 2.45) is 0 Å². The van der Waals surface area contributed by atoms with E-state index >= 15 is 0 Å². The summed E-state index contributed by atoms with van der Waals surface area (Å²) >= 11 is 12.1. The lowest BCUT2D eigenvalue weighted by Gasteiger charge is -2.26. The fourth-order valence-corrected chi connectivity index (χ4v) is 3.18. The Balaban J connectivity index is 1.61. The first-order valence-electron chi connectivity index (χ1n) is 8.45. The number of nitrogens with zero attached hydrogens (tertiary/aromatic N) is 1. The molecule has 1 aliphatic heterocycles. The van der Waals surface area contributed by atoms with Crippen molar-refractivity contribution in [3.8, 4) is 0 Å². The number of hydrogen-bond acceptors (Lipinski definition) is 3. The van der Waals surface area contributed by atoms with Gasteiger partial charge >= 0.3 is 0 Å². The second-order valence-corrected chi connectivity index (χ2v) is 6.75. The van der Waals surface area contributed by atoms with Crippen LogP contribution in [0.3, 0.4) is 0 Å². The fraction of sp³-hybridized carbons (Fsp3) is 0.200. The minimum atomic E-state index is -0.321. The van der Waals surface area contributed by atoms with Crippen molar-refractivity contribution in [2.45, 2.75) is 0 Å². The highest BCUT2D eigenvalue weighted by molar-refractivity contribution is 6.37. The molecule has 0 saturated carbocycles. The number of hydrogen-bond donors (Lipinski definition) is 1. The van der Waals surface area contributed by atoms with Crippen LogP contribution in [-0.4, -0.2) is 43.0 Å². The van der Waals surface area contributed by atoms with Crippen molar-refractivity contribution in [3.05, 3.63) is 69.7 Å². The van der Waals surface area contributed by atoms with E-state index in [1.165, 1.54) is 6.08 Å². The molecular weight excluding hydrogens is 387 g/mol. The summed E-state index contributed by atoms with van der Waals surface area (Å²) in [7, 11) is 0. The first-order chi connectivity index (χ1) is 13.0. The first-order valence-corrected chi connectivity index (χ1v) is 9.20. The predicted octanol–water partition coefficient (Wildman–Crippen LogP) is 4.12. The minimum absolute atomic E-state index is 0.0376. The summed E-state index contributed by atoms with van der Waals surface area (Å²) in [5.41, 5.74) is 1.75. The van der Waals surface area contributed by atoms with E-state index in [-0.39, 0.29) is 11.8 Å². The van der Waals surface area contributed by atoms with Gasteiger partial charge < -0.3 is 15.0 Å². The maximum absolute atomic E-state index is 12.4. The standard InChI is InChI=1S/C20H18Cl2N2O3/c21-17-2-1-3-18(22)16(17)8-9-19(25)23-15-6-4-14(5-7-15)20(26)24-10-12-27-13-11-24/h1-9H,10-13H2,(H,23,25)/b9-8+. The van der Waals surface area contributed by atoms with E-state index in [2.05, 4.69) is 5.32 Å². The van der Waals surface area contributed by atoms with Gasteiger partial charge in [-0.05, 0) is 42.5 Å². The summed E-state index contributed by atoms with van der Waals surface area (Å²) < 4.78 is 5.25. The van der Waals surface area contributed by atoms with Gasteiger partial charge in [0.15, 0.2) is 0 Å². The number of rotatable bonds is 4. The predicted molar refractivity (Wildman–Crippen MR) is 107 cm³/mol. The van der Waals surface area contributed by atoms with Crippen LogP contribution >= 0.6 is 23.2 Å². The van der Waals surface area contributed by atoms with E-state index in [4.69, 9.17) is 27.9 Å². The van der Waals surface area contributed by atoms with E-state index < -0.39 is 0 Å². The van der Waals surface area contributed by atoms with Gasteiger partial charge in [0.25, 0.3) is 5.91 Å². The maximum Gasteiger partial charge on any atom is 0.254 e. The quantitative estimate of drug-likeness (QED) is 0.779. The van der Waals surface area contributed by atoms with Crippen molar-refractivity contribution in [3.63, 3.8) is 0 Å². The van der Waals surface area contributed by atoms with Gasteiger partial charge in [0.2, 0.25) is 5.91 Å². The van der Waals surface area contributed by atoms with Crippen LogP contribution in [0, 0.1) is 0 Å². The van der Waals surface area contributed by atoms with Crippen LogP contribution in [0.5, 0.6) is 0 Å². The third-order valence-electron chi connectivity index (χ3n) is 4.10. The SMILES string of the molecule is O=C(/C=C/c1c(Cl)cccc1Cl)Nc1ccc(C(=O)N2CCOCC2)cc1. The highest BCUT2D eigenvalue weighted by Crippen LogP contribution is 2.25. The molecule has 3 rings (SSSR count). The third-order valence-corrected chi connectivity index (χ3v) is 4.76. The molecule has 0 aliphatic carbocycles. The van der Waals surface area contributed by atoms with Gasteiger partial charge in [0.05, 0.1) is 13.2 Å². The number of anilines is 1. The Morgan fingerprint density at radius 3 is 2.26 bits per heavy atom. The van der Waals surface area contributed by atoms with Crippen molar-refractivity contribution in [2.75, 3.05) is 31.6 Å². The molecule has 1 heterocycles. The first kappa shape index (κ1) is 19.4. The van der Waals surface area contributed by atoms with Crippen LogP contribution in [0.2, 0.25) is 10.0 Å². The molecule has 1 N–H and O–H groups in total. The van der Waals surface area contributed by atoms with Crippen LogP contribution < -0.4 is 5.32 Å². The van der Waals surface area contributed by atoms with Crippen molar-refractivity contribution in [1.82, 2.24) is 4.90 Å². The van der Waals surface area contributed by atoms with Crippen molar-refractivity contribution >= 4 is 46.8 Å². The minimum Gasteiger partial charge on any atom is -0.378 e. The van der Waals surface area contributed by atoms with E-state index in [0.717, 1.165) is 0 Å². The molecule has 2 amide bonds. The molecule has 5 nitrogen and oxygen atoms in total. The molecule has 0 bridgehead atoms. The lowest BCUT2D eigenvalue weighted by molar-refractivity contribution is -0.111. The molecule has 27 heavy (non-hydrogen) atoms. The van der Waals surface area contributed by atoms with Crippen LogP contribution in [0.25, 0.3) is 6.08 Å². The van der Waals surface area contributed by atoms with E-state index in [1.807, 2.05) is 0 Å². The van der Waals surface area contributed by atoms with Crippen molar-refractivity contribution in [1.29, 1.82) is 0 Å². The number of benzene rings is 2. The van der Waals surface area contributed by atoms with Crippen LogP contribution in [0.15, 0.2) is 48.5 Å². The zero-order chi connectivity index (χ0) is 19.2. The number of carbonyl (C=O) groups is 2. The van der Waals surface area contributed by atoms with Gasteiger partial charge in [0.1, 0.15) is 0 Å². The highest BCUT2D eigenvalue weighted by Gasteiger charge is 2.18. The van der Waals surface area contributed by atoms with Gasteiger partial charge in [-0.15, -0.1) is 0 Å². The van der Waals surface area contributed by atoms with E-state index in [0.29, 0.717) is 53.2 Å². The molecule has 0 radical (unpaired) electrons. The van der Waals surface area contributed by atoms with Gasteiger partial charge in [0, 0.05) is 46.0 Å². The van der Waals surface area contributed by atoms with E-state index in [1.54, 1.807) is 53.4 Å². The van der Waals surface area contributed by atoms with Gasteiger partial charge in [-0.2, -0.15) is 0 Å². The molecule has 0 spiro atoms. The zero-order valence-electron chi connectivity index (χ0n) is 14.5. The normalized spacial score (nSPS) is 14.4. The van der Waals surface area contributed by atoms with E-state index in [9.17, 15) is 9.59 Å². The van der Waals surface area contributed by atoms with Gasteiger partial charge in [-0.3, -0.25) is 9.59 Å². The summed E-state index contributed by atoms with van der Waals surface area (Å²) in [4.78, 5) is 26.3. The van der Waals surface area contributed by atoms with Crippen LogP contribution in [0.1, 0.15) is 15.9 Å². The number of morpholine rings is 1. The number of ether oxygens (including phenoxy) is 1. The van der Waals surface area contributed by atoms with Crippen LogP contribution in [0.4, 0.5) is 5.69 Å². The molecule has 1 saturated heterocycles. The average molecular weight is 405 g/mol. The topological polar surface area (TPSA) is 58.6 Å². The maximum atomic E-state index is 12.4.